The van der Waals surface area contributed by atoms with Gasteiger partial charge in [-0.1, -0.05) is 12.1 Å². The first-order valence-electron chi connectivity index (χ1n) is 5.99. The van der Waals surface area contributed by atoms with Gasteiger partial charge in [-0.2, -0.15) is 0 Å². The Balaban J connectivity index is 1.92. The third-order valence-corrected chi connectivity index (χ3v) is 2.72. The molecule has 18 heavy (non-hydrogen) atoms. The third-order valence-electron chi connectivity index (χ3n) is 2.72. The zero-order valence-electron chi connectivity index (χ0n) is 10.0. The van der Waals surface area contributed by atoms with Crippen LogP contribution in [0.25, 0.3) is 6.08 Å². The van der Waals surface area contributed by atoms with Crippen molar-refractivity contribution in [2.75, 3.05) is 13.2 Å². The fourth-order valence-corrected chi connectivity index (χ4v) is 1.82. The number of carboxylic acid groups (broad SMARTS) is 1. The lowest BCUT2D eigenvalue weighted by Gasteiger charge is -2.23. The number of ether oxygens (including phenoxy) is 2. The van der Waals surface area contributed by atoms with Crippen LogP contribution in [0.2, 0.25) is 0 Å². The summed E-state index contributed by atoms with van der Waals surface area (Å²) in [6.07, 6.45) is 4.84. The second kappa shape index (κ2) is 6.21. The van der Waals surface area contributed by atoms with E-state index in [1.807, 2.05) is 24.3 Å². The SMILES string of the molecule is O=C(O)/C=C/c1ccc(OC2CCCOC2)cc1. The molecule has 1 fully saturated rings. The molecule has 4 heteroatoms. The minimum Gasteiger partial charge on any atom is -0.488 e. The summed E-state index contributed by atoms with van der Waals surface area (Å²) >= 11 is 0. The summed E-state index contributed by atoms with van der Waals surface area (Å²) in [6, 6.07) is 7.35. The molecule has 1 aliphatic rings. The van der Waals surface area contributed by atoms with Crippen molar-refractivity contribution in [3.63, 3.8) is 0 Å². The Morgan fingerprint density at radius 2 is 2.17 bits per heavy atom. The Labute approximate surface area is 106 Å². The van der Waals surface area contributed by atoms with E-state index < -0.39 is 5.97 Å². The van der Waals surface area contributed by atoms with Gasteiger partial charge in [0.05, 0.1) is 6.61 Å². The highest BCUT2D eigenvalue weighted by atomic mass is 16.5. The van der Waals surface area contributed by atoms with Gasteiger partial charge in [0, 0.05) is 12.7 Å². The van der Waals surface area contributed by atoms with Crippen LogP contribution >= 0.6 is 0 Å². The standard InChI is InChI=1S/C14H16O4/c15-14(16)8-5-11-3-6-12(7-4-11)18-13-2-1-9-17-10-13/h3-8,13H,1-2,9-10H2,(H,15,16)/b8-5+. The molecular weight excluding hydrogens is 232 g/mol. The highest BCUT2D eigenvalue weighted by molar-refractivity contribution is 5.85. The van der Waals surface area contributed by atoms with Crippen molar-refractivity contribution < 1.29 is 19.4 Å². The van der Waals surface area contributed by atoms with Crippen LogP contribution in [0.3, 0.4) is 0 Å². The predicted octanol–water partition coefficient (Wildman–Crippen LogP) is 2.34. The average Bonchev–Trinajstić information content (AvgIpc) is 2.39. The lowest BCUT2D eigenvalue weighted by atomic mass is 10.1. The van der Waals surface area contributed by atoms with Gasteiger partial charge in [0.25, 0.3) is 0 Å². The molecule has 1 heterocycles. The van der Waals surface area contributed by atoms with Crippen LogP contribution in [0.1, 0.15) is 18.4 Å². The van der Waals surface area contributed by atoms with Crippen molar-refractivity contribution in [3.8, 4) is 5.75 Å². The Bertz CT molecular complexity index is 416. The van der Waals surface area contributed by atoms with Crippen LogP contribution in [0.5, 0.6) is 5.75 Å². The number of carboxylic acids is 1. The number of aliphatic carboxylic acids is 1. The normalized spacial score (nSPS) is 19.9. The third kappa shape index (κ3) is 3.89. The first-order valence-corrected chi connectivity index (χ1v) is 5.99. The van der Waals surface area contributed by atoms with Gasteiger partial charge in [0.1, 0.15) is 11.9 Å². The van der Waals surface area contributed by atoms with E-state index in [0.29, 0.717) is 6.61 Å². The van der Waals surface area contributed by atoms with Crippen molar-refractivity contribution in [2.45, 2.75) is 18.9 Å². The molecule has 4 nitrogen and oxygen atoms in total. The molecule has 1 atom stereocenters. The fourth-order valence-electron chi connectivity index (χ4n) is 1.82. The zero-order chi connectivity index (χ0) is 12.8. The van der Waals surface area contributed by atoms with E-state index in [9.17, 15) is 4.79 Å². The number of carbonyl (C=O) groups is 1. The molecule has 1 aliphatic heterocycles. The van der Waals surface area contributed by atoms with E-state index in [1.165, 1.54) is 0 Å². The minimum atomic E-state index is -0.949. The van der Waals surface area contributed by atoms with Gasteiger partial charge in [-0.05, 0) is 36.6 Å². The van der Waals surface area contributed by atoms with Crippen molar-refractivity contribution in [1.29, 1.82) is 0 Å². The number of hydrogen-bond donors (Lipinski definition) is 1. The van der Waals surface area contributed by atoms with Crippen LogP contribution in [0.4, 0.5) is 0 Å². The summed E-state index contributed by atoms with van der Waals surface area (Å²) in [6.45, 7) is 1.46. The van der Waals surface area contributed by atoms with Crippen LogP contribution in [-0.2, 0) is 9.53 Å². The predicted molar refractivity (Wildman–Crippen MR) is 67.6 cm³/mol. The van der Waals surface area contributed by atoms with Crippen molar-refractivity contribution in [3.05, 3.63) is 35.9 Å². The molecule has 0 radical (unpaired) electrons. The highest BCUT2D eigenvalue weighted by Crippen LogP contribution is 2.18. The lowest BCUT2D eigenvalue weighted by Crippen LogP contribution is -2.27. The molecule has 0 amide bonds. The van der Waals surface area contributed by atoms with Gasteiger partial charge in [-0.15, -0.1) is 0 Å². The Morgan fingerprint density at radius 3 is 2.78 bits per heavy atom. The van der Waals surface area contributed by atoms with Gasteiger partial charge >= 0.3 is 5.97 Å². The van der Waals surface area contributed by atoms with E-state index in [0.717, 1.165) is 36.8 Å². The van der Waals surface area contributed by atoms with Gasteiger partial charge in [-0.3, -0.25) is 0 Å². The zero-order valence-corrected chi connectivity index (χ0v) is 10.0. The molecule has 0 bridgehead atoms. The number of hydrogen-bond acceptors (Lipinski definition) is 3. The Morgan fingerprint density at radius 1 is 1.39 bits per heavy atom. The smallest absolute Gasteiger partial charge is 0.328 e. The monoisotopic (exact) mass is 248 g/mol. The Kier molecular flexibility index (Phi) is 4.36. The summed E-state index contributed by atoms with van der Waals surface area (Å²) in [5.41, 5.74) is 0.838. The van der Waals surface area contributed by atoms with Crippen molar-refractivity contribution in [2.24, 2.45) is 0 Å². The quantitative estimate of drug-likeness (QED) is 0.831. The maximum absolute atomic E-state index is 10.4. The van der Waals surface area contributed by atoms with Gasteiger partial charge < -0.3 is 14.6 Å². The topological polar surface area (TPSA) is 55.8 Å². The molecule has 1 N–H and O–H groups in total. The van der Waals surface area contributed by atoms with Gasteiger partial charge in [0.15, 0.2) is 0 Å². The summed E-state index contributed by atoms with van der Waals surface area (Å²) in [5.74, 6) is -0.160. The van der Waals surface area contributed by atoms with E-state index in [1.54, 1.807) is 6.08 Å². The molecule has 96 valence electrons. The molecule has 1 unspecified atom stereocenters. The molecule has 1 aromatic carbocycles. The summed E-state index contributed by atoms with van der Waals surface area (Å²) in [5, 5.41) is 8.52. The first kappa shape index (κ1) is 12.6. The highest BCUT2D eigenvalue weighted by Gasteiger charge is 2.14. The molecule has 2 rings (SSSR count). The maximum atomic E-state index is 10.4. The van der Waals surface area contributed by atoms with E-state index in [2.05, 4.69) is 0 Å². The Hall–Kier alpha value is -1.81. The minimum absolute atomic E-state index is 0.124. The fraction of sp³-hybridized carbons (Fsp3) is 0.357. The average molecular weight is 248 g/mol. The van der Waals surface area contributed by atoms with Crippen molar-refractivity contribution in [1.82, 2.24) is 0 Å². The summed E-state index contributed by atoms with van der Waals surface area (Å²) in [7, 11) is 0. The van der Waals surface area contributed by atoms with Crippen molar-refractivity contribution >= 4 is 12.0 Å². The molecule has 0 aliphatic carbocycles. The van der Waals surface area contributed by atoms with Gasteiger partial charge in [-0.25, -0.2) is 4.79 Å². The van der Waals surface area contributed by atoms with E-state index >= 15 is 0 Å². The maximum Gasteiger partial charge on any atom is 0.328 e. The molecular formula is C14H16O4. The molecule has 1 saturated heterocycles. The van der Waals surface area contributed by atoms with E-state index in [-0.39, 0.29) is 6.10 Å². The number of benzene rings is 1. The number of rotatable bonds is 4. The van der Waals surface area contributed by atoms with Crippen LogP contribution < -0.4 is 4.74 Å². The molecule has 1 aromatic rings. The molecule has 0 saturated carbocycles. The molecule has 0 aromatic heterocycles. The van der Waals surface area contributed by atoms with Crippen LogP contribution in [-0.4, -0.2) is 30.4 Å². The van der Waals surface area contributed by atoms with Gasteiger partial charge in [0.2, 0.25) is 0 Å². The summed E-state index contributed by atoms with van der Waals surface area (Å²) < 4.78 is 11.1. The van der Waals surface area contributed by atoms with E-state index in [4.69, 9.17) is 14.6 Å². The largest absolute Gasteiger partial charge is 0.488 e. The van der Waals surface area contributed by atoms with Crippen LogP contribution in [0, 0.1) is 0 Å². The lowest BCUT2D eigenvalue weighted by molar-refractivity contribution is -0.131. The first-order chi connectivity index (χ1) is 8.74. The summed E-state index contributed by atoms with van der Waals surface area (Å²) in [4.78, 5) is 10.4. The molecule has 0 spiro atoms. The second-order valence-electron chi connectivity index (χ2n) is 4.20. The van der Waals surface area contributed by atoms with Crippen LogP contribution in [0.15, 0.2) is 30.3 Å². The second-order valence-corrected chi connectivity index (χ2v) is 4.20.